The molecule has 0 aliphatic carbocycles. The highest BCUT2D eigenvalue weighted by Gasteiger charge is 2.30. The fourth-order valence-electron chi connectivity index (χ4n) is 2.00. The van der Waals surface area contributed by atoms with Crippen LogP contribution in [0.4, 0.5) is 16.2 Å². The number of halogens is 2. The van der Waals surface area contributed by atoms with E-state index in [2.05, 4.69) is 0 Å². The Kier molecular flexibility index (Phi) is 3.65. The lowest BCUT2D eigenvalue weighted by molar-refractivity contribution is 0.255. The minimum absolute atomic E-state index is 0.122. The van der Waals surface area contributed by atoms with Gasteiger partial charge in [0.15, 0.2) is 0 Å². The summed E-state index contributed by atoms with van der Waals surface area (Å²) >= 11 is 13.2. The number of urea groups is 1. The molecule has 0 atom stereocenters. The van der Waals surface area contributed by atoms with Crippen LogP contribution in [0.15, 0.2) is 41.3 Å². The fraction of sp³-hybridized carbons (Fsp3) is 0.0714. The molecule has 0 unspecified atom stereocenters. The summed E-state index contributed by atoms with van der Waals surface area (Å²) in [5.74, 6) is 0.122. The third kappa shape index (κ3) is 2.52. The molecule has 1 N–H and O–H groups in total. The Hall–Kier alpha value is -1.56. The van der Waals surface area contributed by atoms with Gasteiger partial charge in [-0.3, -0.25) is 4.90 Å². The monoisotopic (exact) mass is 340 g/mol. The van der Waals surface area contributed by atoms with Crippen LogP contribution in [0.1, 0.15) is 0 Å². The number of carbonyl (C=O) groups excluding carboxylic acids is 1. The molecule has 0 saturated heterocycles. The predicted octanol–water partition coefficient (Wildman–Crippen LogP) is 4.78. The summed E-state index contributed by atoms with van der Waals surface area (Å²) in [5.41, 5.74) is 1.31. The highest BCUT2D eigenvalue weighted by atomic mass is 35.5. The zero-order chi connectivity index (χ0) is 15.1. The van der Waals surface area contributed by atoms with Gasteiger partial charge in [0.2, 0.25) is 0 Å². The molecule has 1 aliphatic rings. The highest BCUT2D eigenvalue weighted by molar-refractivity contribution is 8.01. The number of carbonyl (C=O) groups is 1. The smallest absolute Gasteiger partial charge is 0.339 e. The number of benzene rings is 2. The summed E-state index contributed by atoms with van der Waals surface area (Å²) in [6.07, 6.45) is 0. The second-order valence-corrected chi connectivity index (χ2v) is 6.28. The van der Waals surface area contributed by atoms with E-state index < -0.39 is 0 Å². The van der Waals surface area contributed by atoms with Crippen LogP contribution >= 0.6 is 35.1 Å². The van der Waals surface area contributed by atoms with Crippen molar-refractivity contribution in [3.8, 4) is 5.75 Å². The first-order chi connectivity index (χ1) is 9.97. The number of aromatic hydroxyl groups is 1. The molecule has 4 nitrogen and oxygen atoms in total. The second-order valence-electron chi connectivity index (χ2n) is 4.48. The summed E-state index contributed by atoms with van der Waals surface area (Å²) in [4.78, 5) is 14.8. The molecular weight excluding hydrogens is 331 g/mol. The standard InChI is InChI=1S/C14H10Cl2N2O2S/c1-17-12-7-9(19)3-5-13(12)21-18(14(17)20)8-2-4-10(15)11(16)6-8/h2-7,19H,1H3. The van der Waals surface area contributed by atoms with Crippen molar-refractivity contribution in [1.29, 1.82) is 0 Å². The molecule has 0 radical (unpaired) electrons. The van der Waals surface area contributed by atoms with Crippen LogP contribution < -0.4 is 9.21 Å². The molecule has 0 aromatic heterocycles. The van der Waals surface area contributed by atoms with Crippen molar-refractivity contribution in [2.24, 2.45) is 0 Å². The molecule has 2 aromatic rings. The van der Waals surface area contributed by atoms with Crippen molar-refractivity contribution >= 4 is 52.6 Å². The molecule has 1 heterocycles. The molecule has 2 amide bonds. The van der Waals surface area contributed by atoms with Gasteiger partial charge in [0.1, 0.15) is 5.75 Å². The average Bonchev–Trinajstić information content (AvgIpc) is 2.46. The van der Waals surface area contributed by atoms with Crippen molar-refractivity contribution in [2.75, 3.05) is 16.3 Å². The van der Waals surface area contributed by atoms with Crippen LogP contribution in [0.5, 0.6) is 5.75 Å². The first kappa shape index (κ1) is 14.4. The molecule has 0 spiro atoms. The summed E-state index contributed by atoms with van der Waals surface area (Å²) in [5, 5.41) is 10.4. The van der Waals surface area contributed by atoms with Gasteiger partial charge in [0.25, 0.3) is 0 Å². The number of phenolic OH excluding ortho intramolecular Hbond substituents is 1. The zero-order valence-corrected chi connectivity index (χ0v) is 13.2. The number of rotatable bonds is 1. The van der Waals surface area contributed by atoms with E-state index in [1.807, 2.05) is 0 Å². The number of nitrogens with zero attached hydrogens (tertiary/aromatic N) is 2. The largest absolute Gasteiger partial charge is 0.508 e. The van der Waals surface area contributed by atoms with Crippen LogP contribution in [0.25, 0.3) is 0 Å². The number of anilines is 2. The molecule has 3 rings (SSSR count). The van der Waals surface area contributed by atoms with Gasteiger partial charge >= 0.3 is 6.03 Å². The van der Waals surface area contributed by atoms with E-state index in [1.54, 1.807) is 43.4 Å². The maximum Gasteiger partial charge on any atom is 0.339 e. The molecule has 108 valence electrons. The zero-order valence-electron chi connectivity index (χ0n) is 10.9. The Bertz CT molecular complexity index is 739. The van der Waals surface area contributed by atoms with Crippen LogP contribution in [0.2, 0.25) is 10.0 Å². The number of fused-ring (bicyclic) bond motifs is 1. The van der Waals surface area contributed by atoms with Gasteiger partial charge in [-0.15, -0.1) is 0 Å². The Morgan fingerprint density at radius 2 is 1.86 bits per heavy atom. The van der Waals surface area contributed by atoms with Crippen molar-refractivity contribution in [3.63, 3.8) is 0 Å². The number of phenols is 1. The summed E-state index contributed by atoms with van der Waals surface area (Å²) < 4.78 is 1.53. The van der Waals surface area contributed by atoms with E-state index in [0.717, 1.165) is 4.90 Å². The Labute approximate surface area is 136 Å². The van der Waals surface area contributed by atoms with Crippen LogP contribution in [0, 0.1) is 0 Å². The van der Waals surface area contributed by atoms with Crippen molar-refractivity contribution < 1.29 is 9.90 Å². The average molecular weight is 341 g/mol. The SMILES string of the molecule is CN1C(=O)N(c2ccc(Cl)c(Cl)c2)Sc2ccc(O)cc21. The van der Waals surface area contributed by atoms with Gasteiger partial charge < -0.3 is 5.11 Å². The molecule has 7 heteroatoms. The predicted molar refractivity (Wildman–Crippen MR) is 86.7 cm³/mol. The lowest BCUT2D eigenvalue weighted by Crippen LogP contribution is -2.40. The third-order valence-electron chi connectivity index (χ3n) is 3.09. The number of hydrogen-bond donors (Lipinski definition) is 1. The fourth-order valence-corrected chi connectivity index (χ4v) is 3.32. The molecule has 0 saturated carbocycles. The van der Waals surface area contributed by atoms with Gasteiger partial charge in [-0.1, -0.05) is 23.2 Å². The Morgan fingerprint density at radius 1 is 1.10 bits per heavy atom. The minimum Gasteiger partial charge on any atom is -0.508 e. The van der Waals surface area contributed by atoms with Crippen molar-refractivity contribution in [2.45, 2.75) is 4.90 Å². The lowest BCUT2D eigenvalue weighted by atomic mass is 10.2. The first-order valence-electron chi connectivity index (χ1n) is 6.01. The van der Waals surface area contributed by atoms with E-state index in [-0.39, 0.29) is 11.8 Å². The van der Waals surface area contributed by atoms with E-state index in [9.17, 15) is 9.90 Å². The van der Waals surface area contributed by atoms with Crippen LogP contribution in [-0.4, -0.2) is 18.2 Å². The minimum atomic E-state index is -0.225. The summed E-state index contributed by atoms with van der Waals surface area (Å²) in [6.45, 7) is 0. The second kappa shape index (κ2) is 5.33. The van der Waals surface area contributed by atoms with Gasteiger partial charge in [0, 0.05) is 13.1 Å². The Balaban J connectivity index is 2.04. The number of hydrogen-bond acceptors (Lipinski definition) is 3. The van der Waals surface area contributed by atoms with Crippen LogP contribution in [0.3, 0.4) is 0 Å². The normalized spacial score (nSPS) is 14.3. The van der Waals surface area contributed by atoms with Crippen LogP contribution in [-0.2, 0) is 0 Å². The van der Waals surface area contributed by atoms with Gasteiger partial charge in [-0.25, -0.2) is 9.10 Å². The van der Waals surface area contributed by atoms with Crippen molar-refractivity contribution in [3.05, 3.63) is 46.4 Å². The van der Waals surface area contributed by atoms with E-state index >= 15 is 0 Å². The highest BCUT2D eigenvalue weighted by Crippen LogP contribution is 2.43. The summed E-state index contributed by atoms with van der Waals surface area (Å²) in [6, 6.07) is 9.72. The van der Waals surface area contributed by atoms with Gasteiger partial charge in [-0.2, -0.15) is 0 Å². The molecule has 0 bridgehead atoms. The molecule has 1 aliphatic heterocycles. The number of amides is 2. The maximum absolute atomic E-state index is 12.5. The molecule has 2 aromatic carbocycles. The van der Waals surface area contributed by atoms with E-state index in [4.69, 9.17) is 23.2 Å². The molecule has 0 fully saturated rings. The molecular formula is C14H10Cl2N2O2S. The maximum atomic E-state index is 12.5. The third-order valence-corrected chi connectivity index (χ3v) is 4.92. The van der Waals surface area contributed by atoms with Gasteiger partial charge in [0.05, 0.1) is 26.3 Å². The van der Waals surface area contributed by atoms with E-state index in [0.29, 0.717) is 21.4 Å². The Morgan fingerprint density at radius 3 is 2.57 bits per heavy atom. The summed E-state index contributed by atoms with van der Waals surface area (Å²) in [7, 11) is 1.66. The topological polar surface area (TPSA) is 43.8 Å². The quantitative estimate of drug-likeness (QED) is 0.759. The lowest BCUT2D eigenvalue weighted by Gasteiger charge is -2.33. The van der Waals surface area contributed by atoms with Crippen molar-refractivity contribution in [1.82, 2.24) is 0 Å². The van der Waals surface area contributed by atoms with Gasteiger partial charge in [-0.05, 0) is 42.3 Å². The van der Waals surface area contributed by atoms with E-state index in [1.165, 1.54) is 21.2 Å². The molecule has 21 heavy (non-hydrogen) atoms. The first-order valence-corrected chi connectivity index (χ1v) is 7.54.